The molecule has 0 aliphatic carbocycles. The summed E-state index contributed by atoms with van der Waals surface area (Å²) in [5.41, 5.74) is 5.76. The molecule has 33 heavy (non-hydrogen) atoms. The van der Waals surface area contributed by atoms with Crippen LogP contribution in [0.1, 0.15) is 45.5 Å². The Balaban J connectivity index is 0.00000306. The molecular formula is C29H35ClN2O. The zero-order valence-electron chi connectivity index (χ0n) is 19.7. The Kier molecular flexibility index (Phi) is 9.11. The first kappa shape index (κ1) is 25.0. The highest BCUT2D eigenvalue weighted by Gasteiger charge is 2.32. The van der Waals surface area contributed by atoms with Crippen LogP contribution < -0.4 is 5.32 Å². The Morgan fingerprint density at radius 2 is 1.52 bits per heavy atom. The molecule has 0 bridgehead atoms. The zero-order chi connectivity index (χ0) is 22.3. The minimum absolute atomic E-state index is 0. The number of nitrogens with zero attached hydrogens (tertiary/aromatic N) is 1. The molecule has 1 aliphatic heterocycles. The average molecular weight is 463 g/mol. The predicted molar refractivity (Wildman–Crippen MR) is 139 cm³/mol. The molecule has 1 N–H and O–H groups in total. The third-order valence-electron chi connectivity index (χ3n) is 6.45. The molecule has 4 rings (SSSR count). The van der Waals surface area contributed by atoms with Gasteiger partial charge >= 0.3 is 0 Å². The van der Waals surface area contributed by atoms with E-state index in [0.29, 0.717) is 6.04 Å². The van der Waals surface area contributed by atoms with Crippen molar-refractivity contribution in [3.8, 4) is 0 Å². The third kappa shape index (κ3) is 6.93. The predicted octanol–water partition coefficient (Wildman–Crippen LogP) is 5.77. The lowest BCUT2D eigenvalue weighted by Gasteiger charge is -2.40. The van der Waals surface area contributed by atoms with Crippen LogP contribution in [-0.4, -0.2) is 36.0 Å². The summed E-state index contributed by atoms with van der Waals surface area (Å²) >= 11 is 0. The monoisotopic (exact) mass is 462 g/mol. The van der Waals surface area contributed by atoms with Crippen LogP contribution in [0.4, 0.5) is 0 Å². The first-order valence-electron chi connectivity index (χ1n) is 11.8. The van der Waals surface area contributed by atoms with E-state index in [1.165, 1.54) is 11.1 Å². The van der Waals surface area contributed by atoms with Gasteiger partial charge in [-0.05, 0) is 69.3 Å². The van der Waals surface area contributed by atoms with Gasteiger partial charge in [0, 0.05) is 24.2 Å². The fraction of sp³-hybridized carbons (Fsp3) is 0.345. The summed E-state index contributed by atoms with van der Waals surface area (Å²) in [6.07, 6.45) is 3.91. The maximum atomic E-state index is 13.5. The van der Waals surface area contributed by atoms with Crippen molar-refractivity contribution in [1.82, 2.24) is 10.2 Å². The number of piperidine rings is 1. The van der Waals surface area contributed by atoms with Crippen LogP contribution in [0.5, 0.6) is 0 Å². The topological polar surface area (TPSA) is 32.3 Å². The highest BCUT2D eigenvalue weighted by molar-refractivity contribution is 5.95. The van der Waals surface area contributed by atoms with Crippen molar-refractivity contribution in [3.05, 3.63) is 107 Å². The molecule has 3 aromatic carbocycles. The molecule has 0 saturated carbocycles. The number of benzene rings is 3. The fourth-order valence-electron chi connectivity index (χ4n) is 4.91. The van der Waals surface area contributed by atoms with Gasteiger partial charge in [-0.25, -0.2) is 0 Å². The quantitative estimate of drug-likeness (QED) is 0.483. The molecule has 1 amide bonds. The first-order valence-corrected chi connectivity index (χ1v) is 11.8. The first-order chi connectivity index (χ1) is 15.6. The van der Waals surface area contributed by atoms with Crippen molar-refractivity contribution in [2.75, 3.05) is 13.1 Å². The smallest absolute Gasteiger partial charge is 0.254 e. The summed E-state index contributed by atoms with van der Waals surface area (Å²) in [5, 5.41) is 3.77. The number of amides is 1. The van der Waals surface area contributed by atoms with Gasteiger partial charge in [0.25, 0.3) is 5.91 Å². The van der Waals surface area contributed by atoms with E-state index in [1.54, 1.807) is 0 Å². The van der Waals surface area contributed by atoms with Crippen molar-refractivity contribution >= 4 is 18.3 Å². The number of carbonyl (C=O) groups excluding carboxylic acids is 1. The van der Waals surface area contributed by atoms with Gasteiger partial charge in [-0.1, -0.05) is 77.9 Å². The molecule has 3 nitrogen and oxygen atoms in total. The van der Waals surface area contributed by atoms with Crippen molar-refractivity contribution in [1.29, 1.82) is 0 Å². The van der Waals surface area contributed by atoms with Crippen LogP contribution in [0.15, 0.2) is 78.9 Å². The Morgan fingerprint density at radius 3 is 2.15 bits per heavy atom. The minimum Gasteiger partial charge on any atom is -0.335 e. The number of hydrogen-bond acceptors (Lipinski definition) is 2. The van der Waals surface area contributed by atoms with Crippen LogP contribution in [-0.2, 0) is 12.8 Å². The highest BCUT2D eigenvalue weighted by atomic mass is 35.5. The van der Waals surface area contributed by atoms with Crippen LogP contribution in [0.25, 0.3) is 0 Å². The molecule has 0 radical (unpaired) electrons. The molecule has 1 aliphatic rings. The van der Waals surface area contributed by atoms with E-state index in [-0.39, 0.29) is 24.4 Å². The number of halogens is 1. The molecule has 2 atom stereocenters. The number of rotatable bonds is 7. The van der Waals surface area contributed by atoms with E-state index in [4.69, 9.17) is 0 Å². The minimum atomic E-state index is 0. The second-order valence-corrected chi connectivity index (χ2v) is 9.13. The van der Waals surface area contributed by atoms with Gasteiger partial charge in [-0.2, -0.15) is 0 Å². The molecule has 0 spiro atoms. The molecule has 1 fully saturated rings. The molecule has 0 aromatic heterocycles. The van der Waals surface area contributed by atoms with Crippen molar-refractivity contribution < 1.29 is 4.79 Å². The number of nitrogens with one attached hydrogen (secondary N) is 1. The lowest BCUT2D eigenvalue weighted by atomic mass is 9.91. The molecule has 4 heteroatoms. The van der Waals surface area contributed by atoms with Crippen molar-refractivity contribution in [3.63, 3.8) is 0 Å². The maximum absolute atomic E-state index is 13.5. The lowest BCUT2D eigenvalue weighted by Crippen LogP contribution is -2.52. The molecule has 1 heterocycles. The number of carbonyl (C=O) groups is 1. The van der Waals surface area contributed by atoms with Crippen LogP contribution in [0, 0.1) is 13.8 Å². The van der Waals surface area contributed by atoms with E-state index in [2.05, 4.69) is 90.8 Å². The molecule has 3 aromatic rings. The van der Waals surface area contributed by atoms with Gasteiger partial charge in [0.2, 0.25) is 0 Å². The highest BCUT2D eigenvalue weighted by Crippen LogP contribution is 2.24. The van der Waals surface area contributed by atoms with E-state index in [0.717, 1.165) is 55.5 Å². The standard InChI is InChI=1S/C29H34N2O.ClH/c1-22-17-23(2)19-26(18-22)29(32)31-16-14-27(30-15-13-24-9-5-3-6-10-24)21-28(31)20-25-11-7-4-8-12-25;/h3-12,17-19,27-28,30H,13-16,20-21H2,1-2H3;1H/t27-,28-;/m1./s1. The number of likely N-dealkylation sites (tertiary alicyclic amines) is 1. The second-order valence-electron chi connectivity index (χ2n) is 9.13. The van der Waals surface area contributed by atoms with Gasteiger partial charge < -0.3 is 10.2 Å². The van der Waals surface area contributed by atoms with Gasteiger partial charge in [0.15, 0.2) is 0 Å². The van der Waals surface area contributed by atoms with Gasteiger partial charge in [-0.3, -0.25) is 4.79 Å². The third-order valence-corrected chi connectivity index (χ3v) is 6.45. The number of hydrogen-bond donors (Lipinski definition) is 1. The summed E-state index contributed by atoms with van der Waals surface area (Å²) < 4.78 is 0. The van der Waals surface area contributed by atoms with E-state index < -0.39 is 0 Å². The zero-order valence-corrected chi connectivity index (χ0v) is 20.5. The van der Waals surface area contributed by atoms with Crippen molar-refractivity contribution in [2.45, 2.75) is 51.6 Å². The van der Waals surface area contributed by atoms with E-state index in [9.17, 15) is 4.79 Å². The summed E-state index contributed by atoms with van der Waals surface area (Å²) in [6, 6.07) is 28.0. The Bertz CT molecular complexity index is 1000. The van der Waals surface area contributed by atoms with Gasteiger partial charge in [0.1, 0.15) is 0 Å². The SMILES string of the molecule is Cc1cc(C)cc(C(=O)N2CC[C@@H](NCCc3ccccc3)C[C@H]2Cc2ccccc2)c1.Cl. The van der Waals surface area contributed by atoms with Crippen LogP contribution in [0.2, 0.25) is 0 Å². The van der Waals surface area contributed by atoms with Gasteiger partial charge in [-0.15, -0.1) is 12.4 Å². The lowest BCUT2D eigenvalue weighted by molar-refractivity contribution is 0.0577. The summed E-state index contributed by atoms with van der Waals surface area (Å²) in [6.45, 7) is 5.90. The van der Waals surface area contributed by atoms with Gasteiger partial charge in [0.05, 0.1) is 0 Å². The van der Waals surface area contributed by atoms with Crippen molar-refractivity contribution in [2.24, 2.45) is 0 Å². The maximum Gasteiger partial charge on any atom is 0.254 e. The molecule has 0 unspecified atom stereocenters. The Hall–Kier alpha value is -2.62. The fourth-order valence-corrected chi connectivity index (χ4v) is 4.91. The van der Waals surface area contributed by atoms with E-state index in [1.807, 2.05) is 12.1 Å². The Morgan fingerprint density at radius 1 is 0.909 bits per heavy atom. The normalized spacial score (nSPS) is 17.9. The van der Waals surface area contributed by atoms with Crippen LogP contribution >= 0.6 is 12.4 Å². The molecular weight excluding hydrogens is 428 g/mol. The summed E-state index contributed by atoms with van der Waals surface area (Å²) in [7, 11) is 0. The summed E-state index contributed by atoms with van der Waals surface area (Å²) in [5.74, 6) is 0.167. The van der Waals surface area contributed by atoms with E-state index >= 15 is 0 Å². The second kappa shape index (κ2) is 12.0. The largest absolute Gasteiger partial charge is 0.335 e. The Labute approximate surface area is 204 Å². The summed E-state index contributed by atoms with van der Waals surface area (Å²) in [4.78, 5) is 15.6. The van der Waals surface area contributed by atoms with Crippen LogP contribution in [0.3, 0.4) is 0 Å². The number of aryl methyl sites for hydroxylation is 2. The average Bonchev–Trinajstić information content (AvgIpc) is 2.80. The molecule has 1 saturated heterocycles. The molecule has 174 valence electrons.